The number of carbonyl (C=O) groups excluding carboxylic acids is 5. The number of hydrogen-bond donors (Lipinski definition) is 1. The summed E-state index contributed by atoms with van der Waals surface area (Å²) in [6, 6.07) is 14.0. The van der Waals surface area contributed by atoms with Crippen LogP contribution in [0.15, 0.2) is 48.5 Å². The first-order valence-corrected chi connectivity index (χ1v) is 13.6. The minimum absolute atomic E-state index is 0.0331. The molecule has 1 unspecified atom stereocenters. The molecule has 0 saturated carbocycles. The van der Waals surface area contributed by atoms with Gasteiger partial charge in [-0.15, -0.1) is 0 Å². The van der Waals surface area contributed by atoms with Crippen LogP contribution in [-0.4, -0.2) is 78.7 Å². The molecule has 0 radical (unpaired) electrons. The van der Waals surface area contributed by atoms with E-state index in [1.807, 2.05) is 43.4 Å². The summed E-state index contributed by atoms with van der Waals surface area (Å²) in [5.41, 5.74) is 2.35. The van der Waals surface area contributed by atoms with Crippen molar-refractivity contribution in [3.05, 3.63) is 65.2 Å². The summed E-state index contributed by atoms with van der Waals surface area (Å²) in [6.07, 6.45) is 1.91. The summed E-state index contributed by atoms with van der Waals surface area (Å²) >= 11 is 0. The number of hydrogen-bond acceptors (Lipinski definition) is 7. The fourth-order valence-corrected chi connectivity index (χ4v) is 5.72. The highest BCUT2D eigenvalue weighted by Crippen LogP contribution is 2.36. The summed E-state index contributed by atoms with van der Waals surface area (Å²) in [7, 11) is 1.81. The highest BCUT2D eigenvalue weighted by molar-refractivity contribution is 6.23. The van der Waals surface area contributed by atoms with E-state index in [9.17, 15) is 24.0 Å². The largest absolute Gasteiger partial charge is 0.371 e. The lowest BCUT2D eigenvalue weighted by molar-refractivity contribution is -0.137. The van der Waals surface area contributed by atoms with Crippen LogP contribution in [-0.2, 0) is 25.7 Å². The minimum Gasteiger partial charge on any atom is -0.371 e. The van der Waals surface area contributed by atoms with Crippen molar-refractivity contribution in [3.63, 3.8) is 0 Å². The van der Waals surface area contributed by atoms with Crippen LogP contribution in [0, 0.1) is 5.41 Å². The lowest BCUT2D eigenvalue weighted by Gasteiger charge is -2.42. The number of carbonyl (C=O) groups is 5. The molecule has 10 nitrogen and oxygen atoms in total. The Labute approximate surface area is 233 Å². The lowest BCUT2D eigenvalue weighted by atomic mass is 9.79. The molecule has 3 aliphatic rings. The number of benzene rings is 2. The van der Waals surface area contributed by atoms with Gasteiger partial charge >= 0.3 is 0 Å². The fourth-order valence-electron chi connectivity index (χ4n) is 5.72. The molecule has 2 aromatic carbocycles. The van der Waals surface area contributed by atoms with Crippen molar-refractivity contribution in [1.29, 1.82) is 0 Å². The van der Waals surface area contributed by atoms with E-state index in [1.165, 1.54) is 0 Å². The maximum atomic E-state index is 13.2. The van der Waals surface area contributed by atoms with Gasteiger partial charge in [0.25, 0.3) is 11.8 Å². The van der Waals surface area contributed by atoms with E-state index in [4.69, 9.17) is 4.74 Å². The second-order valence-electron chi connectivity index (χ2n) is 11.2. The van der Waals surface area contributed by atoms with Crippen LogP contribution in [0.1, 0.15) is 58.9 Å². The first-order chi connectivity index (χ1) is 19.1. The zero-order chi connectivity index (χ0) is 28.4. The molecule has 3 heterocycles. The van der Waals surface area contributed by atoms with Gasteiger partial charge in [-0.05, 0) is 48.4 Å². The van der Waals surface area contributed by atoms with E-state index in [0.29, 0.717) is 13.2 Å². The molecular formula is C30H34N4O6. The maximum Gasteiger partial charge on any atom is 0.262 e. The van der Waals surface area contributed by atoms with Crippen molar-refractivity contribution < 1.29 is 28.7 Å². The Morgan fingerprint density at radius 1 is 1.02 bits per heavy atom. The molecular weight excluding hydrogens is 512 g/mol. The number of imide groups is 2. The minimum atomic E-state index is -0.979. The molecule has 5 amide bonds. The summed E-state index contributed by atoms with van der Waals surface area (Å²) < 4.78 is 5.62. The van der Waals surface area contributed by atoms with Gasteiger partial charge in [0, 0.05) is 38.8 Å². The molecule has 1 N–H and O–H groups in total. The van der Waals surface area contributed by atoms with Gasteiger partial charge in [-0.25, -0.2) is 0 Å². The number of nitrogens with zero attached hydrogens (tertiary/aromatic N) is 3. The topological polar surface area (TPSA) is 116 Å². The molecule has 0 aliphatic carbocycles. The van der Waals surface area contributed by atoms with Gasteiger partial charge in [0.2, 0.25) is 17.7 Å². The average molecular weight is 547 g/mol. The second kappa shape index (κ2) is 11.2. The summed E-state index contributed by atoms with van der Waals surface area (Å²) in [4.78, 5) is 67.6. The monoisotopic (exact) mass is 546 g/mol. The number of rotatable bonds is 8. The van der Waals surface area contributed by atoms with Gasteiger partial charge in [0.05, 0.1) is 17.7 Å². The SMILES string of the molecule is CN(CC1(C)CCN(c2ccc3c(c2)C(=O)N(C2CCC(=O)NC2=O)C3=O)CC1)C(=O)COCc1ccccc1. The summed E-state index contributed by atoms with van der Waals surface area (Å²) in [6.45, 7) is 4.70. The predicted molar refractivity (Wildman–Crippen MR) is 146 cm³/mol. The van der Waals surface area contributed by atoms with Crippen LogP contribution >= 0.6 is 0 Å². The van der Waals surface area contributed by atoms with Crippen molar-refractivity contribution in [2.24, 2.45) is 5.41 Å². The van der Waals surface area contributed by atoms with Gasteiger partial charge in [0.1, 0.15) is 12.6 Å². The van der Waals surface area contributed by atoms with Gasteiger partial charge in [-0.2, -0.15) is 0 Å². The third-order valence-electron chi connectivity index (χ3n) is 8.14. The number of ether oxygens (including phenoxy) is 1. The van der Waals surface area contributed by atoms with Crippen LogP contribution in [0.5, 0.6) is 0 Å². The molecule has 10 heteroatoms. The number of fused-ring (bicyclic) bond motifs is 1. The van der Waals surface area contributed by atoms with E-state index < -0.39 is 29.7 Å². The van der Waals surface area contributed by atoms with Crippen LogP contribution in [0.4, 0.5) is 5.69 Å². The van der Waals surface area contributed by atoms with Gasteiger partial charge < -0.3 is 14.5 Å². The molecule has 2 aromatic rings. The first kappa shape index (κ1) is 27.5. The number of piperidine rings is 2. The van der Waals surface area contributed by atoms with Crippen molar-refractivity contribution in [3.8, 4) is 0 Å². The highest BCUT2D eigenvalue weighted by Gasteiger charge is 2.45. The third-order valence-corrected chi connectivity index (χ3v) is 8.14. The molecule has 5 rings (SSSR count). The van der Waals surface area contributed by atoms with Crippen molar-refractivity contribution >= 4 is 35.2 Å². The number of amides is 5. The average Bonchev–Trinajstić information content (AvgIpc) is 3.18. The quantitative estimate of drug-likeness (QED) is 0.506. The van der Waals surface area contributed by atoms with Crippen LogP contribution in [0.3, 0.4) is 0 Å². The molecule has 0 bridgehead atoms. The Balaban J connectivity index is 1.16. The molecule has 0 aromatic heterocycles. The summed E-state index contributed by atoms with van der Waals surface area (Å²) in [5, 5.41) is 2.22. The fraction of sp³-hybridized carbons (Fsp3) is 0.433. The number of anilines is 1. The standard InChI is InChI=1S/C30H34N4O6/c1-30(19-32(2)26(36)18-40-17-20-6-4-3-5-7-20)12-14-33(15-13-30)21-8-9-22-23(16-21)29(39)34(28(22)38)24-10-11-25(35)31-27(24)37/h3-9,16,24H,10-15,17-19H2,1-2H3,(H,31,35,37). The Kier molecular flexibility index (Phi) is 7.71. The molecule has 2 saturated heterocycles. The third kappa shape index (κ3) is 5.62. The predicted octanol–water partition coefficient (Wildman–Crippen LogP) is 2.37. The smallest absolute Gasteiger partial charge is 0.262 e. The van der Waals surface area contributed by atoms with E-state index in [2.05, 4.69) is 17.1 Å². The molecule has 210 valence electrons. The molecule has 40 heavy (non-hydrogen) atoms. The first-order valence-electron chi connectivity index (χ1n) is 13.6. The zero-order valence-corrected chi connectivity index (χ0v) is 22.9. The van der Waals surface area contributed by atoms with Gasteiger partial charge in [-0.1, -0.05) is 37.3 Å². The Morgan fingerprint density at radius 2 is 1.73 bits per heavy atom. The van der Waals surface area contributed by atoms with Crippen LogP contribution in [0.25, 0.3) is 0 Å². The summed E-state index contributed by atoms with van der Waals surface area (Å²) in [5.74, 6) is -2.08. The Morgan fingerprint density at radius 3 is 2.42 bits per heavy atom. The normalized spacial score (nSPS) is 20.4. The van der Waals surface area contributed by atoms with Gasteiger partial charge in [-0.3, -0.25) is 34.2 Å². The number of likely N-dealkylation sites (N-methyl/N-ethyl adjacent to an activating group) is 1. The second-order valence-corrected chi connectivity index (χ2v) is 11.2. The van der Waals surface area contributed by atoms with E-state index in [-0.39, 0.29) is 41.9 Å². The molecule has 2 fully saturated rings. The van der Waals surface area contributed by atoms with Crippen molar-refractivity contribution in [1.82, 2.24) is 15.1 Å². The zero-order valence-electron chi connectivity index (χ0n) is 22.9. The van der Waals surface area contributed by atoms with Crippen molar-refractivity contribution in [2.75, 3.05) is 38.2 Å². The van der Waals surface area contributed by atoms with E-state index >= 15 is 0 Å². The molecule has 3 aliphatic heterocycles. The van der Waals surface area contributed by atoms with Crippen LogP contribution in [0.2, 0.25) is 0 Å². The van der Waals surface area contributed by atoms with Gasteiger partial charge in [0.15, 0.2) is 0 Å². The van der Waals surface area contributed by atoms with E-state index in [0.717, 1.165) is 42.1 Å². The van der Waals surface area contributed by atoms with Crippen molar-refractivity contribution in [2.45, 2.75) is 45.3 Å². The Hall–Kier alpha value is -4.05. The van der Waals surface area contributed by atoms with Crippen LogP contribution < -0.4 is 10.2 Å². The Bertz CT molecular complexity index is 1330. The highest BCUT2D eigenvalue weighted by atomic mass is 16.5. The maximum absolute atomic E-state index is 13.2. The number of nitrogens with one attached hydrogen (secondary N) is 1. The molecule has 1 atom stereocenters. The molecule has 0 spiro atoms. The van der Waals surface area contributed by atoms with E-state index in [1.54, 1.807) is 17.0 Å². The lowest BCUT2D eigenvalue weighted by Crippen LogP contribution is -2.54.